The smallest absolute Gasteiger partial charge is 0.322 e. The second-order valence-corrected chi connectivity index (χ2v) is 9.50. The molecule has 0 amide bonds. The van der Waals surface area contributed by atoms with Crippen molar-refractivity contribution >= 4 is 26.0 Å². The molecule has 0 spiro atoms. The molecule has 8 nitrogen and oxygen atoms in total. The van der Waals surface area contributed by atoms with E-state index >= 15 is 0 Å². The molecule has 1 aliphatic rings. The predicted molar refractivity (Wildman–Crippen MR) is 91.1 cm³/mol. The summed E-state index contributed by atoms with van der Waals surface area (Å²) in [6.45, 7) is 4.21. The maximum absolute atomic E-state index is 12.7. The standard InChI is InChI=1S/C15H22N2O6S2/c1-3-16(4-2)24(20,21)12-7-9-13(10-8-12)25(22,23)17-11-5-6-14(17)15(18)19/h7-10,14H,3-6,11H2,1-2H3,(H,18,19)/t14-/m1/s1. The molecule has 140 valence electrons. The first-order valence-corrected chi connectivity index (χ1v) is 10.9. The molecule has 1 aromatic rings. The quantitative estimate of drug-likeness (QED) is 0.742. The van der Waals surface area contributed by atoms with Crippen molar-refractivity contribution in [3.05, 3.63) is 24.3 Å². The number of carboxylic acid groups (broad SMARTS) is 1. The fourth-order valence-corrected chi connectivity index (χ4v) is 6.02. The first-order valence-electron chi connectivity index (χ1n) is 8.01. The lowest BCUT2D eigenvalue weighted by Gasteiger charge is -2.21. The van der Waals surface area contributed by atoms with Crippen LogP contribution < -0.4 is 0 Å². The summed E-state index contributed by atoms with van der Waals surface area (Å²) < 4.78 is 52.4. The van der Waals surface area contributed by atoms with Crippen molar-refractivity contribution in [1.82, 2.24) is 8.61 Å². The molecule has 1 atom stereocenters. The molecule has 0 saturated carbocycles. The van der Waals surface area contributed by atoms with Gasteiger partial charge < -0.3 is 5.11 Å². The van der Waals surface area contributed by atoms with Gasteiger partial charge in [0.05, 0.1) is 9.79 Å². The number of hydrogen-bond donors (Lipinski definition) is 1. The minimum absolute atomic E-state index is 0.00589. The zero-order chi connectivity index (χ0) is 18.8. The molecule has 25 heavy (non-hydrogen) atoms. The highest BCUT2D eigenvalue weighted by Gasteiger charge is 2.39. The van der Waals surface area contributed by atoms with E-state index < -0.39 is 32.1 Å². The van der Waals surface area contributed by atoms with E-state index in [1.165, 1.54) is 28.6 Å². The van der Waals surface area contributed by atoms with Gasteiger partial charge in [-0.05, 0) is 37.1 Å². The Morgan fingerprint density at radius 1 is 1.12 bits per heavy atom. The van der Waals surface area contributed by atoms with Gasteiger partial charge in [-0.2, -0.15) is 8.61 Å². The van der Waals surface area contributed by atoms with Gasteiger partial charge in [-0.15, -0.1) is 0 Å². The highest BCUT2D eigenvalue weighted by molar-refractivity contribution is 7.89. The van der Waals surface area contributed by atoms with E-state index in [0.717, 1.165) is 4.31 Å². The fraction of sp³-hybridized carbons (Fsp3) is 0.533. The van der Waals surface area contributed by atoms with Gasteiger partial charge in [-0.1, -0.05) is 13.8 Å². The largest absolute Gasteiger partial charge is 0.480 e. The lowest BCUT2D eigenvalue weighted by molar-refractivity contribution is -0.140. The maximum atomic E-state index is 12.7. The van der Waals surface area contributed by atoms with Crippen LogP contribution in [0.15, 0.2) is 34.1 Å². The summed E-state index contributed by atoms with van der Waals surface area (Å²) in [6, 6.07) is 3.83. The molecule has 1 N–H and O–H groups in total. The zero-order valence-corrected chi connectivity index (χ0v) is 15.8. The summed E-state index contributed by atoms with van der Waals surface area (Å²) >= 11 is 0. The summed E-state index contributed by atoms with van der Waals surface area (Å²) in [7, 11) is -7.66. The van der Waals surface area contributed by atoms with Crippen molar-refractivity contribution in [3.8, 4) is 0 Å². The Labute approximate surface area is 148 Å². The summed E-state index contributed by atoms with van der Waals surface area (Å²) in [5.41, 5.74) is 0. The topological polar surface area (TPSA) is 112 Å². The van der Waals surface area contributed by atoms with E-state index in [4.69, 9.17) is 5.11 Å². The number of benzene rings is 1. The number of sulfonamides is 2. The molecule has 0 aliphatic carbocycles. The number of carbonyl (C=O) groups is 1. The van der Waals surface area contributed by atoms with Crippen LogP contribution in [0, 0.1) is 0 Å². The van der Waals surface area contributed by atoms with E-state index in [9.17, 15) is 21.6 Å². The van der Waals surface area contributed by atoms with Crippen LogP contribution in [0.2, 0.25) is 0 Å². The molecular formula is C15H22N2O6S2. The molecular weight excluding hydrogens is 368 g/mol. The molecule has 1 heterocycles. The third-order valence-corrected chi connectivity index (χ3v) is 8.25. The molecule has 0 radical (unpaired) electrons. The van der Waals surface area contributed by atoms with Crippen LogP contribution in [0.1, 0.15) is 26.7 Å². The second kappa shape index (κ2) is 7.40. The van der Waals surface area contributed by atoms with E-state index in [1.54, 1.807) is 13.8 Å². The van der Waals surface area contributed by atoms with Crippen LogP contribution in [0.25, 0.3) is 0 Å². The maximum Gasteiger partial charge on any atom is 0.322 e. The average molecular weight is 390 g/mol. The molecule has 0 bridgehead atoms. The third-order valence-electron chi connectivity index (χ3n) is 4.26. The Hall–Kier alpha value is -1.49. The van der Waals surface area contributed by atoms with E-state index in [2.05, 4.69) is 0 Å². The van der Waals surface area contributed by atoms with Gasteiger partial charge in [-0.25, -0.2) is 16.8 Å². The van der Waals surface area contributed by atoms with Gasteiger partial charge in [0.2, 0.25) is 20.0 Å². The lowest BCUT2D eigenvalue weighted by atomic mass is 10.2. The second-order valence-electron chi connectivity index (χ2n) is 5.67. The van der Waals surface area contributed by atoms with Crippen LogP contribution in [-0.4, -0.2) is 62.2 Å². The van der Waals surface area contributed by atoms with E-state index in [1.807, 2.05) is 0 Å². The predicted octanol–water partition coefficient (Wildman–Crippen LogP) is 0.955. The van der Waals surface area contributed by atoms with Crippen LogP contribution in [0.5, 0.6) is 0 Å². The average Bonchev–Trinajstić information content (AvgIpc) is 3.06. The molecule has 0 unspecified atom stereocenters. The van der Waals surface area contributed by atoms with Gasteiger partial charge in [-0.3, -0.25) is 4.79 Å². The van der Waals surface area contributed by atoms with Crippen molar-refractivity contribution in [2.75, 3.05) is 19.6 Å². The highest BCUT2D eigenvalue weighted by atomic mass is 32.2. The van der Waals surface area contributed by atoms with Crippen LogP contribution >= 0.6 is 0 Å². The van der Waals surface area contributed by atoms with Crippen molar-refractivity contribution < 1.29 is 26.7 Å². The number of nitrogens with zero attached hydrogens (tertiary/aromatic N) is 2. The van der Waals surface area contributed by atoms with Gasteiger partial charge in [0.1, 0.15) is 6.04 Å². The van der Waals surface area contributed by atoms with Crippen molar-refractivity contribution in [2.24, 2.45) is 0 Å². The summed E-state index contributed by atoms with van der Waals surface area (Å²) in [6.07, 6.45) is 0.744. The zero-order valence-electron chi connectivity index (χ0n) is 14.1. The Kier molecular flexibility index (Phi) is 5.87. The van der Waals surface area contributed by atoms with Gasteiger partial charge in [0.25, 0.3) is 0 Å². The Bertz CT molecular complexity index is 829. The number of rotatable bonds is 7. The Balaban J connectivity index is 2.35. The summed E-state index contributed by atoms with van der Waals surface area (Å²) in [4.78, 5) is 11.1. The van der Waals surface area contributed by atoms with Gasteiger partial charge >= 0.3 is 5.97 Å². The van der Waals surface area contributed by atoms with Crippen LogP contribution in [0.3, 0.4) is 0 Å². The number of aliphatic carboxylic acids is 1. The normalized spacial score (nSPS) is 19.4. The molecule has 0 aromatic heterocycles. The number of carboxylic acids is 1. The fourth-order valence-electron chi connectivity index (χ4n) is 2.91. The van der Waals surface area contributed by atoms with Crippen LogP contribution in [-0.2, 0) is 24.8 Å². The SMILES string of the molecule is CCN(CC)S(=O)(=O)c1ccc(S(=O)(=O)N2CCC[C@@H]2C(=O)O)cc1. The van der Waals surface area contributed by atoms with E-state index in [0.29, 0.717) is 19.5 Å². The molecule has 1 aromatic carbocycles. The first kappa shape index (κ1) is 19.8. The summed E-state index contributed by atoms with van der Waals surface area (Å²) in [5, 5.41) is 9.17. The minimum Gasteiger partial charge on any atom is -0.480 e. The molecule has 10 heteroatoms. The Morgan fingerprint density at radius 2 is 1.64 bits per heavy atom. The molecule has 1 fully saturated rings. The Morgan fingerprint density at radius 3 is 2.12 bits per heavy atom. The molecule has 1 aliphatic heterocycles. The monoisotopic (exact) mass is 390 g/mol. The van der Waals surface area contributed by atoms with Crippen molar-refractivity contribution in [3.63, 3.8) is 0 Å². The number of hydrogen-bond acceptors (Lipinski definition) is 5. The molecule has 1 saturated heterocycles. The third kappa shape index (κ3) is 3.71. The molecule has 2 rings (SSSR count). The lowest BCUT2D eigenvalue weighted by Crippen LogP contribution is -2.40. The van der Waals surface area contributed by atoms with E-state index in [-0.39, 0.29) is 22.8 Å². The van der Waals surface area contributed by atoms with Gasteiger partial charge in [0, 0.05) is 19.6 Å². The highest BCUT2D eigenvalue weighted by Crippen LogP contribution is 2.27. The van der Waals surface area contributed by atoms with Gasteiger partial charge in [0.15, 0.2) is 0 Å². The minimum atomic E-state index is -3.98. The first-order chi connectivity index (χ1) is 11.7. The van der Waals surface area contributed by atoms with Crippen molar-refractivity contribution in [1.29, 1.82) is 0 Å². The van der Waals surface area contributed by atoms with Crippen LogP contribution in [0.4, 0.5) is 0 Å². The summed E-state index contributed by atoms with van der Waals surface area (Å²) in [5.74, 6) is -1.18. The van der Waals surface area contributed by atoms with Crippen molar-refractivity contribution in [2.45, 2.75) is 42.5 Å².